The van der Waals surface area contributed by atoms with E-state index >= 15 is 0 Å². The third-order valence-electron chi connectivity index (χ3n) is 4.89. The van der Waals surface area contributed by atoms with E-state index in [9.17, 15) is 51.1 Å². The molecular weight excluding hydrogens is 480 g/mol. The summed E-state index contributed by atoms with van der Waals surface area (Å²) >= 11 is 0. The van der Waals surface area contributed by atoms with Crippen molar-refractivity contribution >= 4 is 0 Å². The van der Waals surface area contributed by atoms with Gasteiger partial charge in [-0.25, -0.2) is 0 Å². The maximum atomic E-state index is 10.5. The quantitative estimate of drug-likeness (QED) is 0.189. The second-order valence-electron chi connectivity index (χ2n) is 7.50. The van der Waals surface area contributed by atoms with Crippen LogP contribution in [0.4, 0.5) is 0 Å². The number of hydrogen-bond donors (Lipinski definition) is 10. The number of phenols is 10. The number of ether oxygens (including phenoxy) is 2. The summed E-state index contributed by atoms with van der Waals surface area (Å²) in [7, 11) is 0. The maximum Gasteiger partial charge on any atom is 0.211 e. The highest BCUT2D eigenvalue weighted by molar-refractivity contribution is 5.86. The van der Waals surface area contributed by atoms with Gasteiger partial charge >= 0.3 is 0 Å². The second-order valence-corrected chi connectivity index (χ2v) is 7.50. The van der Waals surface area contributed by atoms with Crippen molar-refractivity contribution < 1.29 is 60.5 Å². The van der Waals surface area contributed by atoms with Crippen LogP contribution in [0, 0.1) is 0 Å². The molecule has 0 aliphatic rings. The molecule has 0 unspecified atom stereocenters. The first-order chi connectivity index (χ1) is 16.9. The van der Waals surface area contributed by atoms with Crippen LogP contribution in [0.15, 0.2) is 48.5 Å². The molecule has 0 aliphatic heterocycles. The lowest BCUT2D eigenvalue weighted by atomic mass is 10.0. The molecule has 0 heterocycles. The summed E-state index contributed by atoms with van der Waals surface area (Å²) in [6.07, 6.45) is 0. The van der Waals surface area contributed by atoms with Gasteiger partial charge in [0.05, 0.1) is 11.1 Å². The summed E-state index contributed by atoms with van der Waals surface area (Å²) in [4.78, 5) is 0. The van der Waals surface area contributed by atoms with Crippen LogP contribution in [0.5, 0.6) is 80.5 Å². The maximum absolute atomic E-state index is 10.5. The van der Waals surface area contributed by atoms with Gasteiger partial charge in [-0.05, 0) is 0 Å². The van der Waals surface area contributed by atoms with Gasteiger partial charge in [0, 0.05) is 48.5 Å². The highest BCUT2D eigenvalue weighted by Crippen LogP contribution is 2.52. The largest absolute Gasteiger partial charge is 0.508 e. The van der Waals surface area contributed by atoms with Crippen LogP contribution >= 0.6 is 0 Å². The molecule has 0 radical (unpaired) electrons. The molecule has 12 heteroatoms. The van der Waals surface area contributed by atoms with Crippen molar-refractivity contribution in [3.63, 3.8) is 0 Å². The lowest BCUT2D eigenvalue weighted by molar-refractivity contribution is 0.343. The van der Waals surface area contributed by atoms with Crippen LogP contribution < -0.4 is 9.47 Å². The van der Waals surface area contributed by atoms with Gasteiger partial charge in [-0.15, -0.1) is 0 Å². The summed E-state index contributed by atoms with van der Waals surface area (Å²) in [6.45, 7) is 0. The van der Waals surface area contributed by atoms with Crippen LogP contribution in [0.2, 0.25) is 0 Å². The summed E-state index contributed by atoms with van der Waals surface area (Å²) in [5, 5.41) is 100. The minimum Gasteiger partial charge on any atom is -0.508 e. The fourth-order valence-corrected chi connectivity index (χ4v) is 3.42. The summed E-state index contributed by atoms with van der Waals surface area (Å²) in [5.74, 6) is -7.90. The van der Waals surface area contributed by atoms with E-state index in [-0.39, 0.29) is 11.3 Å². The van der Waals surface area contributed by atoms with Crippen molar-refractivity contribution in [2.24, 2.45) is 0 Å². The first-order valence-electron chi connectivity index (χ1n) is 9.92. The zero-order chi connectivity index (χ0) is 26.3. The van der Waals surface area contributed by atoms with Crippen LogP contribution in [-0.4, -0.2) is 51.1 Å². The Hall–Kier alpha value is -5.52. The fourth-order valence-electron chi connectivity index (χ4n) is 3.42. The average Bonchev–Trinajstić information content (AvgIpc) is 2.74. The molecule has 4 rings (SSSR count). The smallest absolute Gasteiger partial charge is 0.211 e. The van der Waals surface area contributed by atoms with Gasteiger partial charge in [0.2, 0.25) is 11.5 Å². The minimum absolute atomic E-state index is 0.295. The number of phenolic OH excluding ortho intramolecular Hbond substituents is 10. The zero-order valence-electron chi connectivity index (χ0n) is 17.9. The third kappa shape index (κ3) is 4.33. The minimum atomic E-state index is -0.686. The summed E-state index contributed by atoms with van der Waals surface area (Å²) < 4.78 is 10.9. The molecule has 12 nitrogen and oxygen atoms in total. The number of benzene rings is 4. The molecule has 0 aromatic heterocycles. The van der Waals surface area contributed by atoms with Crippen molar-refractivity contribution in [2.45, 2.75) is 0 Å². The first kappa shape index (κ1) is 23.6. The molecule has 4 aromatic rings. The topological polar surface area (TPSA) is 221 Å². The molecule has 0 amide bonds. The monoisotopic (exact) mass is 498 g/mol. The SMILES string of the molecule is Oc1cc(O)c(Oc2cc(O)cc(O)c2Oc2cc(O)c(-c3c(O)cc(O)cc3O)c(O)c2)c(O)c1. The Morgan fingerprint density at radius 3 is 1.19 bits per heavy atom. The van der Waals surface area contributed by atoms with E-state index in [1.807, 2.05) is 0 Å². The van der Waals surface area contributed by atoms with Gasteiger partial charge in [0.25, 0.3) is 0 Å². The van der Waals surface area contributed by atoms with Crippen molar-refractivity contribution in [1.82, 2.24) is 0 Å². The van der Waals surface area contributed by atoms with Crippen molar-refractivity contribution in [2.75, 3.05) is 0 Å². The Morgan fingerprint density at radius 1 is 0.361 bits per heavy atom. The van der Waals surface area contributed by atoms with Crippen LogP contribution in [0.1, 0.15) is 0 Å². The van der Waals surface area contributed by atoms with Gasteiger partial charge in [0.1, 0.15) is 46.0 Å². The van der Waals surface area contributed by atoms with Crippen molar-refractivity contribution in [3.05, 3.63) is 48.5 Å². The zero-order valence-corrected chi connectivity index (χ0v) is 17.9. The average molecular weight is 498 g/mol. The Labute approximate surface area is 201 Å². The fraction of sp³-hybridized carbons (Fsp3) is 0. The number of hydrogen-bond acceptors (Lipinski definition) is 12. The number of aromatic hydroxyl groups is 10. The lowest BCUT2D eigenvalue weighted by Gasteiger charge is -2.17. The van der Waals surface area contributed by atoms with Crippen LogP contribution in [0.3, 0.4) is 0 Å². The predicted molar refractivity (Wildman–Crippen MR) is 122 cm³/mol. The molecular formula is C24H18O12. The van der Waals surface area contributed by atoms with E-state index in [0.29, 0.717) is 0 Å². The first-order valence-corrected chi connectivity index (χ1v) is 9.92. The molecule has 0 aliphatic carbocycles. The second kappa shape index (κ2) is 8.68. The molecule has 36 heavy (non-hydrogen) atoms. The third-order valence-corrected chi connectivity index (χ3v) is 4.89. The molecule has 0 bridgehead atoms. The molecule has 10 N–H and O–H groups in total. The Kier molecular flexibility index (Phi) is 5.70. The van der Waals surface area contributed by atoms with E-state index in [2.05, 4.69) is 0 Å². The molecule has 0 fully saturated rings. The summed E-state index contributed by atoms with van der Waals surface area (Å²) in [6, 6.07) is 7.22. The van der Waals surface area contributed by atoms with E-state index in [1.54, 1.807) is 0 Å². The molecule has 0 saturated carbocycles. The van der Waals surface area contributed by atoms with Gasteiger partial charge in [-0.2, -0.15) is 0 Å². The van der Waals surface area contributed by atoms with Gasteiger partial charge in [-0.3, -0.25) is 0 Å². The van der Waals surface area contributed by atoms with Crippen molar-refractivity contribution in [3.8, 4) is 91.6 Å². The van der Waals surface area contributed by atoms with E-state index in [0.717, 1.165) is 48.5 Å². The van der Waals surface area contributed by atoms with Crippen LogP contribution in [-0.2, 0) is 0 Å². The predicted octanol–water partition coefficient (Wildman–Crippen LogP) is 3.99. The molecule has 0 spiro atoms. The number of rotatable bonds is 5. The highest BCUT2D eigenvalue weighted by atomic mass is 16.5. The van der Waals surface area contributed by atoms with E-state index in [4.69, 9.17) is 9.47 Å². The Bertz CT molecular complexity index is 1430. The Balaban J connectivity index is 1.76. The lowest BCUT2D eigenvalue weighted by Crippen LogP contribution is -1.93. The van der Waals surface area contributed by atoms with E-state index in [1.165, 1.54) is 0 Å². The van der Waals surface area contributed by atoms with Gasteiger partial charge < -0.3 is 60.5 Å². The Morgan fingerprint density at radius 2 is 0.722 bits per heavy atom. The van der Waals surface area contributed by atoms with E-state index < -0.39 is 80.3 Å². The molecule has 4 aromatic carbocycles. The normalized spacial score (nSPS) is 10.8. The van der Waals surface area contributed by atoms with Gasteiger partial charge in [0.15, 0.2) is 23.0 Å². The molecule has 186 valence electrons. The molecule has 0 saturated heterocycles. The molecule has 0 atom stereocenters. The standard InChI is InChI=1S/C24H18O12/c25-9-1-13(28)21(14(29)2-9)22-15(30)7-12(8-16(22)31)35-24-19(34)5-11(27)6-20(24)36-23-17(32)3-10(26)4-18(23)33/h1-8,25-34H. The highest BCUT2D eigenvalue weighted by Gasteiger charge is 2.23. The van der Waals surface area contributed by atoms with Crippen LogP contribution in [0.25, 0.3) is 11.1 Å². The van der Waals surface area contributed by atoms with Crippen molar-refractivity contribution in [1.29, 1.82) is 0 Å². The summed E-state index contributed by atoms with van der Waals surface area (Å²) in [5.41, 5.74) is -0.785. The van der Waals surface area contributed by atoms with Gasteiger partial charge in [-0.1, -0.05) is 0 Å².